The van der Waals surface area contributed by atoms with Gasteiger partial charge < -0.3 is 10.4 Å². The normalized spacial score (nSPS) is 12.4. The van der Waals surface area contributed by atoms with Gasteiger partial charge in [0.1, 0.15) is 10.7 Å². The fourth-order valence-electron chi connectivity index (χ4n) is 2.06. The molecule has 0 aliphatic carbocycles. The Labute approximate surface area is 127 Å². The molecular weight excluding hydrogens is 289 g/mol. The number of carbonyl (C=O) groups is 1. The number of hydrogen-bond donors (Lipinski definition) is 2. The highest BCUT2D eigenvalue weighted by atomic mass is 32.1. The van der Waals surface area contributed by atoms with Crippen molar-refractivity contribution in [3.05, 3.63) is 56.5 Å². The molecule has 3 nitrogen and oxygen atoms in total. The van der Waals surface area contributed by atoms with Gasteiger partial charge in [0.25, 0.3) is 0 Å². The minimum absolute atomic E-state index is 0.00678. The Bertz CT molecular complexity index is 666. The number of aromatic carboxylic acids is 1. The molecule has 0 radical (unpaired) electrons. The van der Waals surface area contributed by atoms with Crippen molar-refractivity contribution in [1.82, 2.24) is 5.32 Å². The smallest absolute Gasteiger partial charge is 0.345 e. The maximum Gasteiger partial charge on any atom is 0.345 e. The third-order valence-electron chi connectivity index (χ3n) is 3.53. The Morgan fingerprint density at radius 2 is 2.10 bits per heavy atom. The average molecular weight is 307 g/mol. The second-order valence-corrected chi connectivity index (χ2v) is 6.36. The van der Waals surface area contributed by atoms with E-state index in [1.807, 2.05) is 19.9 Å². The van der Waals surface area contributed by atoms with Crippen molar-refractivity contribution in [3.63, 3.8) is 0 Å². The summed E-state index contributed by atoms with van der Waals surface area (Å²) in [6, 6.07) is 6.89. The molecule has 1 unspecified atom stereocenters. The highest BCUT2D eigenvalue weighted by molar-refractivity contribution is 7.14. The molecule has 0 saturated carbocycles. The van der Waals surface area contributed by atoms with Crippen LogP contribution in [0.15, 0.2) is 24.3 Å². The first-order chi connectivity index (χ1) is 9.88. The summed E-state index contributed by atoms with van der Waals surface area (Å²) in [7, 11) is 0. The fourth-order valence-corrected chi connectivity index (χ4v) is 2.94. The number of thiophene rings is 1. The van der Waals surface area contributed by atoms with Crippen LogP contribution in [0.5, 0.6) is 0 Å². The van der Waals surface area contributed by atoms with Gasteiger partial charge in [0.05, 0.1) is 0 Å². The molecule has 0 amide bonds. The van der Waals surface area contributed by atoms with Gasteiger partial charge in [-0.05, 0) is 49.6 Å². The van der Waals surface area contributed by atoms with Gasteiger partial charge in [-0.15, -0.1) is 11.3 Å². The average Bonchev–Trinajstić information content (AvgIpc) is 2.81. The zero-order chi connectivity index (χ0) is 15.6. The summed E-state index contributed by atoms with van der Waals surface area (Å²) in [4.78, 5) is 12.3. The number of halogens is 1. The second kappa shape index (κ2) is 6.37. The molecule has 0 spiro atoms. The van der Waals surface area contributed by atoms with Gasteiger partial charge in [-0.25, -0.2) is 9.18 Å². The van der Waals surface area contributed by atoms with Gasteiger partial charge >= 0.3 is 5.97 Å². The number of carboxylic acids is 1. The lowest BCUT2D eigenvalue weighted by Crippen LogP contribution is -2.18. The van der Waals surface area contributed by atoms with E-state index in [1.54, 1.807) is 19.1 Å². The maximum absolute atomic E-state index is 13.6. The van der Waals surface area contributed by atoms with Crippen molar-refractivity contribution in [2.75, 3.05) is 0 Å². The molecule has 0 bridgehead atoms. The van der Waals surface area contributed by atoms with Crippen LogP contribution in [0.25, 0.3) is 0 Å². The number of nitrogens with one attached hydrogen (secondary N) is 1. The Hall–Kier alpha value is -1.72. The lowest BCUT2D eigenvalue weighted by molar-refractivity contribution is 0.0702. The molecule has 5 heteroatoms. The van der Waals surface area contributed by atoms with Gasteiger partial charge in [0, 0.05) is 17.5 Å². The van der Waals surface area contributed by atoms with Gasteiger partial charge in [-0.1, -0.05) is 12.1 Å². The summed E-state index contributed by atoms with van der Waals surface area (Å²) in [5.41, 5.74) is 2.48. The quantitative estimate of drug-likeness (QED) is 0.876. The SMILES string of the molecule is Cc1ccc(C(C)NCc2cc(C(=O)O)sc2C)cc1F. The van der Waals surface area contributed by atoms with Crippen LogP contribution in [0.3, 0.4) is 0 Å². The first-order valence-electron chi connectivity index (χ1n) is 6.70. The molecule has 112 valence electrons. The van der Waals surface area contributed by atoms with E-state index in [1.165, 1.54) is 17.4 Å². The van der Waals surface area contributed by atoms with Crippen molar-refractivity contribution >= 4 is 17.3 Å². The molecule has 2 rings (SSSR count). The number of carboxylic acid groups (broad SMARTS) is 1. The van der Waals surface area contributed by atoms with Crippen LogP contribution in [0, 0.1) is 19.7 Å². The molecule has 21 heavy (non-hydrogen) atoms. The van der Waals surface area contributed by atoms with Crippen molar-refractivity contribution in [2.45, 2.75) is 33.4 Å². The molecule has 0 aliphatic rings. The second-order valence-electron chi connectivity index (χ2n) is 5.11. The number of aryl methyl sites for hydroxylation is 2. The Morgan fingerprint density at radius 1 is 1.38 bits per heavy atom. The molecule has 1 aromatic heterocycles. The lowest BCUT2D eigenvalue weighted by Gasteiger charge is -2.15. The molecule has 1 atom stereocenters. The number of rotatable bonds is 5. The Kier molecular flexibility index (Phi) is 4.75. The summed E-state index contributed by atoms with van der Waals surface area (Å²) in [5.74, 6) is -1.11. The van der Waals surface area contributed by atoms with Crippen molar-refractivity contribution in [3.8, 4) is 0 Å². The Morgan fingerprint density at radius 3 is 2.67 bits per heavy atom. The van der Waals surface area contributed by atoms with Crippen LogP contribution in [-0.4, -0.2) is 11.1 Å². The molecule has 0 saturated heterocycles. The monoisotopic (exact) mass is 307 g/mol. The number of benzene rings is 1. The van der Waals surface area contributed by atoms with Crippen LogP contribution in [0.2, 0.25) is 0 Å². The van der Waals surface area contributed by atoms with E-state index in [0.717, 1.165) is 16.0 Å². The Balaban J connectivity index is 2.05. The zero-order valence-corrected chi connectivity index (χ0v) is 13.1. The zero-order valence-electron chi connectivity index (χ0n) is 12.2. The van der Waals surface area contributed by atoms with Crippen LogP contribution in [0.1, 0.15) is 44.2 Å². The predicted molar refractivity (Wildman–Crippen MR) is 82.4 cm³/mol. The standard InChI is InChI=1S/C16H18FNO2S/c1-9-4-5-12(6-14(9)17)10(2)18-8-13-7-15(16(19)20)21-11(13)3/h4-7,10,18H,8H2,1-3H3,(H,19,20). The van der Waals surface area contributed by atoms with Gasteiger partial charge in [0.2, 0.25) is 0 Å². The molecule has 1 heterocycles. The first-order valence-corrected chi connectivity index (χ1v) is 7.52. The van der Waals surface area contributed by atoms with Crippen molar-refractivity contribution in [2.24, 2.45) is 0 Å². The summed E-state index contributed by atoms with van der Waals surface area (Å²) in [6.45, 7) is 6.17. The van der Waals surface area contributed by atoms with E-state index in [0.29, 0.717) is 17.0 Å². The number of hydrogen-bond acceptors (Lipinski definition) is 3. The molecule has 2 N–H and O–H groups in total. The topological polar surface area (TPSA) is 49.3 Å². The van der Waals surface area contributed by atoms with E-state index < -0.39 is 5.97 Å². The predicted octanol–water partition coefficient (Wildman–Crippen LogP) is 4.05. The van der Waals surface area contributed by atoms with E-state index in [9.17, 15) is 9.18 Å². The molecule has 0 aliphatic heterocycles. The van der Waals surface area contributed by atoms with E-state index >= 15 is 0 Å². The highest BCUT2D eigenvalue weighted by Crippen LogP contribution is 2.23. The fraction of sp³-hybridized carbons (Fsp3) is 0.312. The van der Waals surface area contributed by atoms with Gasteiger partial charge in [-0.3, -0.25) is 0 Å². The summed E-state index contributed by atoms with van der Waals surface area (Å²) < 4.78 is 13.6. The minimum atomic E-state index is -0.900. The van der Waals surface area contributed by atoms with Crippen LogP contribution < -0.4 is 5.32 Å². The van der Waals surface area contributed by atoms with Crippen LogP contribution in [0.4, 0.5) is 4.39 Å². The molecule has 1 aromatic carbocycles. The molecular formula is C16H18FNO2S. The van der Waals surface area contributed by atoms with Crippen LogP contribution in [-0.2, 0) is 6.54 Å². The van der Waals surface area contributed by atoms with Gasteiger partial charge in [0.15, 0.2) is 0 Å². The highest BCUT2D eigenvalue weighted by Gasteiger charge is 2.12. The molecule has 2 aromatic rings. The maximum atomic E-state index is 13.6. The minimum Gasteiger partial charge on any atom is -0.477 e. The first kappa shape index (κ1) is 15.7. The van der Waals surface area contributed by atoms with E-state index in [-0.39, 0.29) is 11.9 Å². The summed E-state index contributed by atoms with van der Waals surface area (Å²) >= 11 is 1.27. The lowest BCUT2D eigenvalue weighted by atomic mass is 10.1. The van der Waals surface area contributed by atoms with Gasteiger partial charge in [-0.2, -0.15) is 0 Å². The molecule has 0 fully saturated rings. The van der Waals surface area contributed by atoms with Crippen LogP contribution >= 0.6 is 11.3 Å². The third-order valence-corrected chi connectivity index (χ3v) is 4.61. The van der Waals surface area contributed by atoms with E-state index in [4.69, 9.17) is 5.11 Å². The van der Waals surface area contributed by atoms with E-state index in [2.05, 4.69) is 5.32 Å². The summed E-state index contributed by atoms with van der Waals surface area (Å²) in [5, 5.41) is 12.3. The summed E-state index contributed by atoms with van der Waals surface area (Å²) in [6.07, 6.45) is 0. The third kappa shape index (κ3) is 3.68. The van der Waals surface area contributed by atoms with Crippen molar-refractivity contribution < 1.29 is 14.3 Å². The van der Waals surface area contributed by atoms with Crippen molar-refractivity contribution in [1.29, 1.82) is 0 Å². The largest absolute Gasteiger partial charge is 0.477 e.